The molecule has 1 N–H and O–H groups in total. The SMILES string of the molecule is CCC1CC(C)C(C(=O)O)C1.CCc1c(Br)cccc1C(C)=O. The van der Waals surface area contributed by atoms with Crippen LogP contribution in [-0.2, 0) is 11.2 Å². The van der Waals surface area contributed by atoms with Crippen LogP contribution < -0.4 is 0 Å². The summed E-state index contributed by atoms with van der Waals surface area (Å²) in [6.07, 6.45) is 4.02. The van der Waals surface area contributed by atoms with Crippen molar-refractivity contribution < 1.29 is 14.7 Å². The van der Waals surface area contributed by atoms with E-state index >= 15 is 0 Å². The molecule has 128 valence electrons. The van der Waals surface area contributed by atoms with Crippen molar-refractivity contribution >= 4 is 27.7 Å². The second-order valence-corrected chi connectivity index (χ2v) is 7.20. The number of Topliss-reactive ketones (excluding diaryl/α,β-unsaturated/α-hetero) is 1. The van der Waals surface area contributed by atoms with Gasteiger partial charge >= 0.3 is 5.97 Å². The molecule has 0 saturated heterocycles. The van der Waals surface area contributed by atoms with Gasteiger partial charge in [-0.1, -0.05) is 55.3 Å². The van der Waals surface area contributed by atoms with Crippen LogP contribution in [0.15, 0.2) is 22.7 Å². The normalized spacial score (nSPS) is 23.1. The van der Waals surface area contributed by atoms with Gasteiger partial charge in [0.05, 0.1) is 5.92 Å². The Morgan fingerprint density at radius 3 is 2.26 bits per heavy atom. The van der Waals surface area contributed by atoms with Crippen molar-refractivity contribution in [2.75, 3.05) is 0 Å². The molecule has 0 heterocycles. The zero-order valence-electron chi connectivity index (χ0n) is 14.4. The molecule has 1 fully saturated rings. The summed E-state index contributed by atoms with van der Waals surface area (Å²) in [5, 5.41) is 8.80. The molecule has 1 aliphatic rings. The van der Waals surface area contributed by atoms with Crippen molar-refractivity contribution in [1.82, 2.24) is 0 Å². The van der Waals surface area contributed by atoms with Crippen LogP contribution in [0.4, 0.5) is 0 Å². The lowest BCUT2D eigenvalue weighted by Crippen LogP contribution is -2.15. The minimum atomic E-state index is -0.603. The Balaban J connectivity index is 0.000000231. The molecule has 0 amide bonds. The first-order valence-corrected chi connectivity index (χ1v) is 9.12. The molecule has 0 spiro atoms. The van der Waals surface area contributed by atoms with Gasteiger partial charge in [0.15, 0.2) is 5.78 Å². The lowest BCUT2D eigenvalue weighted by Gasteiger charge is -2.07. The number of carbonyl (C=O) groups is 2. The number of carboxylic acid groups (broad SMARTS) is 1. The first kappa shape index (κ1) is 19.9. The molecule has 1 aromatic carbocycles. The van der Waals surface area contributed by atoms with E-state index in [1.54, 1.807) is 6.92 Å². The number of ketones is 1. The minimum Gasteiger partial charge on any atom is -0.481 e. The van der Waals surface area contributed by atoms with Gasteiger partial charge in [0, 0.05) is 10.0 Å². The van der Waals surface area contributed by atoms with Gasteiger partial charge in [-0.3, -0.25) is 9.59 Å². The number of hydrogen-bond donors (Lipinski definition) is 1. The van der Waals surface area contributed by atoms with Crippen molar-refractivity contribution in [2.45, 2.75) is 53.4 Å². The standard InChI is InChI=1S/C10H11BrO.C9H16O2/c1-3-8-9(7(2)12)5-4-6-10(8)11;1-3-7-4-6(2)8(5-7)9(10)11/h4-6H,3H2,1-2H3;6-8H,3-5H2,1-2H3,(H,10,11). The highest BCUT2D eigenvalue weighted by molar-refractivity contribution is 9.10. The Bertz CT molecular complexity index is 554. The van der Waals surface area contributed by atoms with Crippen LogP contribution >= 0.6 is 15.9 Å². The van der Waals surface area contributed by atoms with Crippen molar-refractivity contribution in [3.63, 3.8) is 0 Å². The van der Waals surface area contributed by atoms with Gasteiger partial charge in [-0.25, -0.2) is 0 Å². The lowest BCUT2D eigenvalue weighted by molar-refractivity contribution is -0.142. The van der Waals surface area contributed by atoms with Gasteiger partial charge in [0.25, 0.3) is 0 Å². The number of halogens is 1. The molecule has 1 aliphatic carbocycles. The van der Waals surface area contributed by atoms with Gasteiger partial charge in [-0.05, 0) is 49.7 Å². The number of hydrogen-bond acceptors (Lipinski definition) is 2. The summed E-state index contributed by atoms with van der Waals surface area (Å²) >= 11 is 3.42. The molecule has 0 aromatic heterocycles. The highest BCUT2D eigenvalue weighted by Crippen LogP contribution is 2.37. The van der Waals surface area contributed by atoms with E-state index in [0.717, 1.165) is 41.3 Å². The molecule has 3 unspecified atom stereocenters. The number of carbonyl (C=O) groups excluding carboxylic acids is 1. The topological polar surface area (TPSA) is 54.4 Å². The van der Waals surface area contributed by atoms with Crippen molar-refractivity contribution in [2.24, 2.45) is 17.8 Å². The van der Waals surface area contributed by atoms with E-state index in [0.29, 0.717) is 11.8 Å². The van der Waals surface area contributed by atoms with Crippen LogP contribution in [0.5, 0.6) is 0 Å². The van der Waals surface area contributed by atoms with Crippen LogP contribution in [0, 0.1) is 17.8 Å². The smallest absolute Gasteiger partial charge is 0.306 e. The van der Waals surface area contributed by atoms with E-state index in [1.165, 1.54) is 0 Å². The largest absolute Gasteiger partial charge is 0.481 e. The van der Waals surface area contributed by atoms with Crippen molar-refractivity contribution in [1.29, 1.82) is 0 Å². The fourth-order valence-electron chi connectivity index (χ4n) is 3.30. The quantitative estimate of drug-likeness (QED) is 0.713. The third-order valence-electron chi connectivity index (χ3n) is 4.73. The summed E-state index contributed by atoms with van der Waals surface area (Å²) in [4.78, 5) is 21.8. The third kappa shape index (κ3) is 5.45. The van der Waals surface area contributed by atoms with Crippen LogP contribution in [0.1, 0.15) is 62.9 Å². The Labute approximate surface area is 147 Å². The van der Waals surface area contributed by atoms with Gasteiger partial charge in [0.2, 0.25) is 0 Å². The van der Waals surface area contributed by atoms with Crippen LogP contribution in [-0.4, -0.2) is 16.9 Å². The molecule has 2 rings (SSSR count). The molecule has 1 aromatic rings. The Morgan fingerprint density at radius 2 is 1.91 bits per heavy atom. The maximum Gasteiger partial charge on any atom is 0.306 e. The molecule has 0 radical (unpaired) electrons. The molecule has 3 nitrogen and oxygen atoms in total. The molecular weight excluding hydrogens is 356 g/mol. The van der Waals surface area contributed by atoms with Crippen LogP contribution in [0.2, 0.25) is 0 Å². The van der Waals surface area contributed by atoms with Crippen molar-refractivity contribution in [3.05, 3.63) is 33.8 Å². The molecular formula is C19H27BrO3. The van der Waals surface area contributed by atoms with Crippen LogP contribution in [0.3, 0.4) is 0 Å². The fourth-order valence-corrected chi connectivity index (χ4v) is 3.95. The van der Waals surface area contributed by atoms with E-state index < -0.39 is 5.97 Å². The Morgan fingerprint density at radius 1 is 1.26 bits per heavy atom. The van der Waals surface area contributed by atoms with Gasteiger partial charge in [-0.15, -0.1) is 0 Å². The van der Waals surface area contributed by atoms with E-state index in [1.807, 2.05) is 25.1 Å². The maximum absolute atomic E-state index is 11.2. The van der Waals surface area contributed by atoms with Crippen LogP contribution in [0.25, 0.3) is 0 Å². The van der Waals surface area contributed by atoms with E-state index in [2.05, 4.69) is 29.8 Å². The van der Waals surface area contributed by atoms with E-state index in [-0.39, 0.29) is 11.7 Å². The monoisotopic (exact) mass is 382 g/mol. The molecule has 3 atom stereocenters. The minimum absolute atomic E-state index is 0.0695. The molecule has 4 heteroatoms. The summed E-state index contributed by atoms with van der Waals surface area (Å²) in [5.74, 6) is 0.505. The summed E-state index contributed by atoms with van der Waals surface area (Å²) in [6, 6.07) is 5.72. The van der Waals surface area contributed by atoms with E-state index in [4.69, 9.17) is 5.11 Å². The lowest BCUT2D eigenvalue weighted by atomic mass is 9.99. The molecule has 1 saturated carbocycles. The first-order valence-electron chi connectivity index (χ1n) is 8.32. The molecule has 0 aliphatic heterocycles. The van der Waals surface area contributed by atoms with E-state index in [9.17, 15) is 9.59 Å². The maximum atomic E-state index is 11.2. The predicted octanol–water partition coefficient (Wildman–Crippen LogP) is 5.36. The average molecular weight is 383 g/mol. The Hall–Kier alpha value is -1.16. The zero-order chi connectivity index (χ0) is 17.6. The van der Waals surface area contributed by atoms with Gasteiger partial charge in [0.1, 0.15) is 0 Å². The van der Waals surface area contributed by atoms with Crippen molar-refractivity contribution in [3.8, 4) is 0 Å². The summed E-state index contributed by atoms with van der Waals surface area (Å²) in [6.45, 7) is 7.84. The first-order chi connectivity index (χ1) is 10.8. The van der Waals surface area contributed by atoms with Gasteiger partial charge in [-0.2, -0.15) is 0 Å². The summed E-state index contributed by atoms with van der Waals surface area (Å²) in [7, 11) is 0. The second kappa shape index (κ2) is 9.21. The summed E-state index contributed by atoms with van der Waals surface area (Å²) in [5.41, 5.74) is 1.93. The number of benzene rings is 1. The number of rotatable bonds is 4. The highest BCUT2D eigenvalue weighted by Gasteiger charge is 2.34. The Kier molecular flexibility index (Phi) is 7.97. The molecule has 0 bridgehead atoms. The number of aliphatic carboxylic acids is 1. The third-order valence-corrected chi connectivity index (χ3v) is 5.47. The summed E-state index contributed by atoms with van der Waals surface area (Å²) < 4.78 is 1.03. The highest BCUT2D eigenvalue weighted by atomic mass is 79.9. The predicted molar refractivity (Wildman–Crippen MR) is 96.8 cm³/mol. The number of carboxylic acids is 1. The second-order valence-electron chi connectivity index (χ2n) is 6.34. The fraction of sp³-hybridized carbons (Fsp3) is 0.579. The van der Waals surface area contributed by atoms with Gasteiger partial charge < -0.3 is 5.11 Å². The average Bonchev–Trinajstić information content (AvgIpc) is 2.89. The molecule has 23 heavy (non-hydrogen) atoms. The zero-order valence-corrected chi connectivity index (χ0v) is 16.0.